The van der Waals surface area contributed by atoms with Gasteiger partial charge in [0.25, 0.3) is 0 Å². The summed E-state index contributed by atoms with van der Waals surface area (Å²) < 4.78 is 0.905. The second-order valence-electron chi connectivity index (χ2n) is 2.34. The highest BCUT2D eigenvalue weighted by atomic mass is 16.5. The van der Waals surface area contributed by atoms with Gasteiger partial charge >= 0.3 is 0 Å². The van der Waals surface area contributed by atoms with Gasteiger partial charge in [0, 0.05) is 7.05 Å². The van der Waals surface area contributed by atoms with Gasteiger partial charge in [-0.2, -0.15) is 4.73 Å². The molecule has 4 heteroatoms. The van der Waals surface area contributed by atoms with Gasteiger partial charge in [-0.25, -0.2) is 0 Å². The van der Waals surface area contributed by atoms with Gasteiger partial charge in [0.05, 0.1) is 11.9 Å². The van der Waals surface area contributed by atoms with Gasteiger partial charge in [-0.3, -0.25) is 4.99 Å². The van der Waals surface area contributed by atoms with Crippen LogP contribution < -0.4 is 11.2 Å². The molecule has 0 aromatic carbocycles. The van der Waals surface area contributed by atoms with E-state index in [9.17, 15) is 0 Å². The Balaban J connectivity index is 3.45. The van der Waals surface area contributed by atoms with Crippen molar-refractivity contribution in [3.05, 3.63) is 23.3 Å². The van der Waals surface area contributed by atoms with E-state index in [1.54, 1.807) is 13.1 Å². The maximum Gasteiger partial charge on any atom is 0.163 e. The molecule has 0 aliphatic rings. The standard InChI is InChI=1S/C7H11N3O/c1-5-3-7(9-2)10(11)4-6(5)8/h3-4,11H,8H2,1-2H3. The Morgan fingerprint density at radius 1 is 1.64 bits per heavy atom. The highest BCUT2D eigenvalue weighted by molar-refractivity contribution is 5.42. The number of nitrogens with two attached hydrogens (primary N) is 1. The Kier molecular flexibility index (Phi) is 1.85. The quantitative estimate of drug-likeness (QED) is 0.521. The summed E-state index contributed by atoms with van der Waals surface area (Å²) in [5.74, 6) is 0. The van der Waals surface area contributed by atoms with Gasteiger partial charge in [-0.1, -0.05) is 0 Å². The van der Waals surface area contributed by atoms with Crippen molar-refractivity contribution in [3.63, 3.8) is 0 Å². The van der Waals surface area contributed by atoms with Gasteiger partial charge in [0.15, 0.2) is 5.49 Å². The van der Waals surface area contributed by atoms with Crippen molar-refractivity contribution in [2.24, 2.45) is 4.99 Å². The number of nitrogens with zero attached hydrogens (tertiary/aromatic N) is 2. The van der Waals surface area contributed by atoms with E-state index < -0.39 is 0 Å². The summed E-state index contributed by atoms with van der Waals surface area (Å²) in [7, 11) is 1.61. The first kappa shape index (κ1) is 7.65. The summed E-state index contributed by atoms with van der Waals surface area (Å²) in [6.45, 7) is 1.87. The second kappa shape index (κ2) is 2.65. The van der Waals surface area contributed by atoms with E-state index in [2.05, 4.69) is 4.99 Å². The monoisotopic (exact) mass is 153 g/mol. The minimum absolute atomic E-state index is 0.497. The molecule has 0 saturated carbocycles. The maximum atomic E-state index is 9.16. The first-order valence-corrected chi connectivity index (χ1v) is 3.26. The molecule has 0 fully saturated rings. The SMILES string of the molecule is CN=c1cc(C)c(N)cn1O. The van der Waals surface area contributed by atoms with Crippen LogP contribution in [0.15, 0.2) is 17.3 Å². The Morgan fingerprint density at radius 3 is 2.82 bits per heavy atom. The van der Waals surface area contributed by atoms with E-state index in [0.29, 0.717) is 11.2 Å². The molecule has 1 heterocycles. The Morgan fingerprint density at radius 2 is 2.27 bits per heavy atom. The van der Waals surface area contributed by atoms with Crippen LogP contribution in [-0.2, 0) is 0 Å². The predicted molar refractivity (Wildman–Crippen MR) is 42.3 cm³/mol. The van der Waals surface area contributed by atoms with Crippen LogP contribution in [0.3, 0.4) is 0 Å². The third-order valence-electron chi connectivity index (χ3n) is 1.53. The number of aryl methyl sites for hydroxylation is 1. The third-order valence-corrected chi connectivity index (χ3v) is 1.53. The highest BCUT2D eigenvalue weighted by Crippen LogP contribution is 2.03. The van der Waals surface area contributed by atoms with Crippen LogP contribution in [0.25, 0.3) is 0 Å². The highest BCUT2D eigenvalue weighted by Gasteiger charge is 1.95. The molecule has 11 heavy (non-hydrogen) atoms. The Bertz CT molecular complexity index is 327. The molecular formula is C7H11N3O. The first-order valence-electron chi connectivity index (χ1n) is 3.26. The van der Waals surface area contributed by atoms with E-state index in [1.165, 1.54) is 6.20 Å². The lowest BCUT2D eigenvalue weighted by molar-refractivity contribution is 0.172. The molecule has 0 aliphatic heterocycles. The lowest BCUT2D eigenvalue weighted by Crippen LogP contribution is -2.19. The van der Waals surface area contributed by atoms with Crippen LogP contribution in [0.1, 0.15) is 5.56 Å². The summed E-state index contributed by atoms with van der Waals surface area (Å²) in [5, 5.41) is 9.16. The average molecular weight is 153 g/mol. The number of pyridine rings is 1. The minimum Gasteiger partial charge on any atom is -0.427 e. The fourth-order valence-electron chi connectivity index (χ4n) is 0.810. The van der Waals surface area contributed by atoms with Gasteiger partial charge < -0.3 is 10.9 Å². The third kappa shape index (κ3) is 1.34. The van der Waals surface area contributed by atoms with Crippen LogP contribution in [-0.4, -0.2) is 17.0 Å². The number of hydrogen-bond donors (Lipinski definition) is 2. The fraction of sp³-hybridized carbons (Fsp3) is 0.286. The van der Waals surface area contributed by atoms with Gasteiger partial charge in [0.2, 0.25) is 0 Å². The molecule has 0 radical (unpaired) electrons. The van der Waals surface area contributed by atoms with Crippen LogP contribution in [0.4, 0.5) is 5.69 Å². The molecule has 4 nitrogen and oxygen atoms in total. The largest absolute Gasteiger partial charge is 0.427 e. The van der Waals surface area contributed by atoms with Crippen molar-refractivity contribution >= 4 is 5.69 Å². The number of anilines is 1. The molecular weight excluding hydrogens is 142 g/mol. The summed E-state index contributed by atoms with van der Waals surface area (Å²) >= 11 is 0. The Labute approximate surface area is 64.6 Å². The molecule has 3 N–H and O–H groups in total. The van der Waals surface area contributed by atoms with Crippen molar-refractivity contribution in [3.8, 4) is 0 Å². The number of nitrogen functional groups attached to an aromatic ring is 1. The summed E-state index contributed by atoms with van der Waals surface area (Å²) in [5.41, 5.74) is 7.49. The molecule has 60 valence electrons. The normalized spacial score (nSPS) is 12.0. The second-order valence-corrected chi connectivity index (χ2v) is 2.34. The summed E-state index contributed by atoms with van der Waals surface area (Å²) in [4.78, 5) is 3.83. The molecule has 0 unspecified atom stereocenters. The number of hydrogen-bond acceptors (Lipinski definition) is 3. The van der Waals surface area contributed by atoms with Crippen molar-refractivity contribution in [2.75, 3.05) is 12.8 Å². The van der Waals surface area contributed by atoms with Crippen LogP contribution in [0.5, 0.6) is 0 Å². The zero-order chi connectivity index (χ0) is 8.43. The molecule has 1 rings (SSSR count). The van der Waals surface area contributed by atoms with Crippen molar-refractivity contribution in [1.29, 1.82) is 0 Å². The smallest absolute Gasteiger partial charge is 0.163 e. The molecule has 0 bridgehead atoms. The van der Waals surface area contributed by atoms with E-state index in [0.717, 1.165) is 10.3 Å². The van der Waals surface area contributed by atoms with Crippen LogP contribution >= 0.6 is 0 Å². The Hall–Kier alpha value is -1.45. The maximum absolute atomic E-state index is 9.16. The molecule has 1 aromatic rings. The first-order chi connectivity index (χ1) is 5.15. The average Bonchev–Trinajstić information content (AvgIpc) is 1.97. The molecule has 0 saturated heterocycles. The van der Waals surface area contributed by atoms with Crippen molar-refractivity contribution in [1.82, 2.24) is 4.73 Å². The zero-order valence-electron chi connectivity index (χ0n) is 6.57. The topological polar surface area (TPSA) is 63.5 Å². The van der Waals surface area contributed by atoms with Crippen molar-refractivity contribution < 1.29 is 5.21 Å². The molecule has 0 atom stereocenters. The van der Waals surface area contributed by atoms with E-state index >= 15 is 0 Å². The zero-order valence-corrected chi connectivity index (χ0v) is 6.57. The van der Waals surface area contributed by atoms with Gasteiger partial charge in [-0.15, -0.1) is 0 Å². The molecule has 1 aromatic heterocycles. The van der Waals surface area contributed by atoms with Crippen LogP contribution in [0.2, 0.25) is 0 Å². The fourth-order valence-corrected chi connectivity index (χ4v) is 0.810. The summed E-state index contributed by atoms with van der Waals surface area (Å²) in [6, 6.07) is 1.72. The number of aromatic nitrogens is 1. The van der Waals surface area contributed by atoms with E-state index in [-0.39, 0.29) is 0 Å². The molecule has 0 spiro atoms. The van der Waals surface area contributed by atoms with Gasteiger partial charge in [-0.05, 0) is 18.6 Å². The number of rotatable bonds is 0. The molecule has 0 amide bonds. The van der Waals surface area contributed by atoms with E-state index in [1.807, 2.05) is 6.92 Å². The predicted octanol–water partition coefficient (Wildman–Crippen LogP) is 0.147. The molecule has 0 aliphatic carbocycles. The lowest BCUT2D eigenvalue weighted by atomic mass is 10.2. The minimum atomic E-state index is 0.497. The summed E-state index contributed by atoms with van der Waals surface area (Å²) in [6.07, 6.45) is 1.43. The van der Waals surface area contributed by atoms with Gasteiger partial charge in [0.1, 0.15) is 0 Å². The van der Waals surface area contributed by atoms with Crippen LogP contribution in [0, 0.1) is 6.92 Å². The lowest BCUT2D eigenvalue weighted by Gasteiger charge is -2.02. The van der Waals surface area contributed by atoms with E-state index in [4.69, 9.17) is 10.9 Å². The van der Waals surface area contributed by atoms with Crippen molar-refractivity contribution in [2.45, 2.75) is 6.92 Å².